The molecule has 0 amide bonds. The summed E-state index contributed by atoms with van der Waals surface area (Å²) in [5, 5.41) is 17.2. The second kappa shape index (κ2) is 35.4. The van der Waals surface area contributed by atoms with E-state index in [9.17, 15) is 4.79 Å². The van der Waals surface area contributed by atoms with E-state index in [1.807, 2.05) is 45.1 Å². The van der Waals surface area contributed by atoms with Gasteiger partial charge in [0.25, 0.3) is 0 Å². The Morgan fingerprint density at radius 3 is 1.85 bits per heavy atom. The van der Waals surface area contributed by atoms with E-state index in [0.29, 0.717) is 42.9 Å². The van der Waals surface area contributed by atoms with Gasteiger partial charge in [-0.1, -0.05) is 46.9 Å². The molecule has 3 fully saturated rings. The molecular weight excluding hydrogens is 1080 g/mol. The van der Waals surface area contributed by atoms with Gasteiger partial charge in [0.15, 0.2) is 0 Å². The number of aliphatic hydroxyl groups excluding tert-OH is 1. The highest BCUT2D eigenvalue weighted by molar-refractivity contribution is 5.92. The summed E-state index contributed by atoms with van der Waals surface area (Å²) in [7, 11) is 12.3. The van der Waals surface area contributed by atoms with Gasteiger partial charge in [0, 0.05) is 192 Å². The molecule has 3 saturated heterocycles. The third-order valence-corrected chi connectivity index (χ3v) is 16.2. The topological polar surface area (TPSA) is 191 Å². The maximum Gasteiger partial charge on any atom is 0.229 e. The zero-order valence-corrected chi connectivity index (χ0v) is 54.3. The van der Waals surface area contributed by atoms with E-state index >= 15 is 0 Å². The lowest BCUT2D eigenvalue weighted by Gasteiger charge is -2.35. The maximum atomic E-state index is 10.2. The molecule has 474 valence electrons. The van der Waals surface area contributed by atoms with Crippen molar-refractivity contribution < 1.29 is 22.2 Å². The van der Waals surface area contributed by atoms with Crippen LogP contribution in [-0.4, -0.2) is 197 Å². The summed E-state index contributed by atoms with van der Waals surface area (Å²) in [4.78, 5) is 54.6. The van der Waals surface area contributed by atoms with Crippen LogP contribution in [-0.2, 0) is 19.7 Å². The van der Waals surface area contributed by atoms with E-state index in [-0.39, 0.29) is 14.3 Å². The molecule has 86 heavy (non-hydrogen) atoms. The van der Waals surface area contributed by atoms with Gasteiger partial charge in [-0.05, 0) is 127 Å². The van der Waals surface area contributed by atoms with Crippen LogP contribution in [0.25, 0.3) is 0 Å². The first-order chi connectivity index (χ1) is 41.6. The lowest BCUT2D eigenvalue weighted by molar-refractivity contribution is -0.108. The molecule has 0 bridgehead atoms. The number of pyridine rings is 1. The number of amidine groups is 1. The Morgan fingerprint density at radius 2 is 1.34 bits per heavy atom. The Hall–Kier alpha value is -7.23. The normalized spacial score (nSPS) is 20.1. The fourth-order valence-electron chi connectivity index (χ4n) is 11.1. The number of carbonyl (C=O) groups excluding carboxylic acids is 1. The van der Waals surface area contributed by atoms with Gasteiger partial charge < -0.3 is 69.6 Å². The first-order valence-electron chi connectivity index (χ1n) is 30.6. The van der Waals surface area contributed by atoms with Crippen LogP contribution in [0.15, 0.2) is 110 Å². The number of aldehydes is 1. The van der Waals surface area contributed by atoms with Crippen molar-refractivity contribution in [2.45, 2.75) is 110 Å². The zero-order chi connectivity index (χ0) is 62.8. The van der Waals surface area contributed by atoms with Crippen molar-refractivity contribution in [3.8, 4) is 0 Å². The first-order valence-corrected chi connectivity index (χ1v) is 30.6. The number of aromatic nitrogens is 5. The van der Waals surface area contributed by atoms with Crippen molar-refractivity contribution in [2.75, 3.05) is 157 Å². The van der Waals surface area contributed by atoms with Crippen LogP contribution in [0.1, 0.15) is 100 Å². The van der Waals surface area contributed by atoms with E-state index in [0.717, 1.165) is 138 Å². The summed E-state index contributed by atoms with van der Waals surface area (Å²) in [5.41, 5.74) is 6.77. The minimum absolute atomic E-state index is 0. The van der Waals surface area contributed by atoms with Gasteiger partial charge in [-0.15, -0.1) is 0 Å². The molecule has 1 unspecified atom stereocenters. The van der Waals surface area contributed by atoms with Crippen molar-refractivity contribution >= 4 is 70.0 Å². The van der Waals surface area contributed by atoms with Gasteiger partial charge in [0.05, 0.1) is 6.61 Å². The van der Waals surface area contributed by atoms with Crippen LogP contribution in [0.5, 0.6) is 0 Å². The molecule has 5 aliphatic heterocycles. The fraction of sp³-hybridized carbons (Fsp3) is 0.530. The van der Waals surface area contributed by atoms with E-state index < -0.39 is 0 Å². The number of piperazine rings is 2. The second-order valence-corrected chi connectivity index (χ2v) is 22.6. The Labute approximate surface area is 517 Å². The molecule has 2 aromatic carbocycles. The number of fused-ring (bicyclic) bond motifs is 2. The number of likely N-dealkylation sites (N-methyl/N-ethyl adjacent to an activating group) is 3. The lowest BCUT2D eigenvalue weighted by Crippen LogP contribution is -2.44. The molecule has 5 atom stereocenters. The van der Waals surface area contributed by atoms with Crippen LogP contribution in [0.4, 0.5) is 57.9 Å². The molecule has 4 N–H and O–H groups in total. The number of ether oxygens (including phenoxy) is 2. The smallest absolute Gasteiger partial charge is 0.229 e. The molecule has 5 aromatic rings. The summed E-state index contributed by atoms with van der Waals surface area (Å²) >= 11 is 0. The van der Waals surface area contributed by atoms with E-state index in [2.05, 4.69) is 187 Å². The monoisotopic (exact) mass is 1190 g/mol. The van der Waals surface area contributed by atoms with E-state index in [1.165, 1.54) is 36.0 Å². The predicted octanol–water partition coefficient (Wildman–Crippen LogP) is 11.1. The number of hydrogen-bond acceptors (Lipinski definition) is 19. The Balaban J connectivity index is 0.000000352. The number of methoxy groups -OCH3 is 2. The number of aliphatic imine (C=N–C) groups is 1. The predicted molar refractivity (Wildman–Crippen MR) is 363 cm³/mol. The summed E-state index contributed by atoms with van der Waals surface area (Å²) in [6.45, 7) is 33.4. The third kappa shape index (κ3) is 19.1. The Kier molecular flexibility index (Phi) is 28.6. The quantitative estimate of drug-likeness (QED) is 0.0414. The summed E-state index contributed by atoms with van der Waals surface area (Å²) in [6, 6.07) is 24.8. The van der Waals surface area contributed by atoms with Crippen molar-refractivity contribution in [1.29, 1.82) is 0 Å². The summed E-state index contributed by atoms with van der Waals surface area (Å²) < 4.78 is 9.68. The summed E-state index contributed by atoms with van der Waals surface area (Å²) in [5.74, 6) is 6.21. The Bertz CT molecular complexity index is 2850. The summed E-state index contributed by atoms with van der Waals surface area (Å²) in [6.07, 6.45) is 12.8. The van der Waals surface area contributed by atoms with Crippen LogP contribution >= 0.6 is 0 Å². The molecule has 0 spiro atoms. The number of nitrogens with one attached hydrogen (secondary N) is 3. The van der Waals surface area contributed by atoms with Crippen LogP contribution in [0.2, 0.25) is 0 Å². The highest BCUT2D eigenvalue weighted by Crippen LogP contribution is 2.41. The first kappa shape index (κ1) is 69.5. The number of carbonyl (C=O) groups is 1. The van der Waals surface area contributed by atoms with Crippen molar-refractivity contribution in [2.24, 2.45) is 4.99 Å². The standard InChI is InChI=1S/C29H38N8.C21H30N6O.C11H18N2O.C2H6O.C2H6.CH4O.2H2/c1-20-19-36(26-6-5-7-27(32-26)37-21(2)8-9-22(37)3)28-25(20)18-30-29(33-28)31-23-10-12-24(13-11-23)35-16-14-34(4)15-17-35;1-21(15-28-3)8-9-22-19-18(21)14-23-20(25-19)24-16-4-6-17(7-5-16)27-12-10-26(2)11-13-27;1-5-11(12-6-2)13(4)10(3)8-7-9-14;1-3-2;2*1-2;;/h5-7,10-13,18,20-22H,8-9,14-17,19H2,1-4H3,(H,30,31,33);4-7,14H,8-13,15H2,1-3H3,(H2,22,23,24,25);5-6,9-10H,1-2,7-8H2,3-4H3;1-2H3;1-2H3;2H,1H3;2*1H/t20-,21+,22?;21-;10-;;;;;/m100...../s1. The second-order valence-electron chi connectivity index (χ2n) is 22.6. The number of aliphatic hydroxyl groups is 1. The van der Waals surface area contributed by atoms with Crippen molar-refractivity contribution in [3.63, 3.8) is 0 Å². The van der Waals surface area contributed by atoms with Gasteiger partial charge in [-0.2, -0.15) is 9.97 Å². The van der Waals surface area contributed by atoms with E-state index in [4.69, 9.17) is 24.8 Å². The molecule has 0 aliphatic carbocycles. The molecular formula is C66H106N16O4. The molecule has 0 saturated carbocycles. The van der Waals surface area contributed by atoms with Crippen LogP contribution in [0, 0.1) is 0 Å². The minimum Gasteiger partial charge on any atom is -0.400 e. The number of rotatable bonds is 16. The molecule has 10 rings (SSSR count). The Morgan fingerprint density at radius 1 is 0.814 bits per heavy atom. The maximum absolute atomic E-state index is 10.2. The highest BCUT2D eigenvalue weighted by atomic mass is 16.5. The molecule has 8 heterocycles. The van der Waals surface area contributed by atoms with Gasteiger partial charge in [0.1, 0.15) is 35.4 Å². The third-order valence-electron chi connectivity index (χ3n) is 16.2. The highest BCUT2D eigenvalue weighted by Gasteiger charge is 2.35. The number of nitrogens with zero attached hydrogens (tertiary/aromatic N) is 13. The molecule has 20 nitrogen and oxygen atoms in total. The van der Waals surface area contributed by atoms with Gasteiger partial charge in [0.2, 0.25) is 11.9 Å². The van der Waals surface area contributed by atoms with Gasteiger partial charge in [-0.25, -0.2) is 19.9 Å². The molecule has 3 aromatic heterocycles. The van der Waals surface area contributed by atoms with Gasteiger partial charge >= 0.3 is 0 Å². The van der Waals surface area contributed by atoms with Gasteiger partial charge in [-0.3, -0.25) is 0 Å². The zero-order valence-electron chi connectivity index (χ0n) is 54.3. The minimum atomic E-state index is -0.0436. The average Bonchev–Trinajstić information content (AvgIpc) is 2.10. The average molecular weight is 1190 g/mol. The van der Waals surface area contributed by atoms with Crippen molar-refractivity contribution in [3.05, 3.63) is 116 Å². The van der Waals surface area contributed by atoms with Crippen LogP contribution in [0.3, 0.4) is 0 Å². The number of hydrogen-bond donors (Lipinski definition) is 4. The van der Waals surface area contributed by atoms with E-state index in [1.54, 1.807) is 27.4 Å². The lowest BCUT2D eigenvalue weighted by atomic mass is 9.79. The molecule has 20 heteroatoms. The fourth-order valence-corrected chi connectivity index (χ4v) is 11.1. The number of anilines is 10. The molecule has 0 radical (unpaired) electrons. The largest absolute Gasteiger partial charge is 0.400 e. The van der Waals surface area contributed by atoms with Crippen LogP contribution < -0.4 is 35.6 Å². The number of benzene rings is 2. The molecule has 5 aliphatic rings. The van der Waals surface area contributed by atoms with Crippen molar-refractivity contribution in [1.82, 2.24) is 39.6 Å². The SMILES string of the molecule is C=CN=C(C=C)N(C)[C@@H](C)CCC=O.CC.CC1CC[C@H](C)N1c1cccc(N2C[C@@H](C)c3cnc(Nc4ccc(N5CCN(C)CC5)cc4)nc32)n1.CO.COC.COC[C@]1(C)CCNc2nc(Nc3ccc(N4CCN(C)CC4)cc3)ncc21.[HH].[HH].